The van der Waals surface area contributed by atoms with E-state index < -0.39 is 6.04 Å². The molecule has 2 amide bonds. The van der Waals surface area contributed by atoms with E-state index in [1.54, 1.807) is 6.07 Å². The Labute approximate surface area is 145 Å². The lowest BCUT2D eigenvalue weighted by atomic mass is 10.1. The molecular formula is C17H24FN5O2. The molecule has 2 aromatic rings. The third kappa shape index (κ3) is 4.76. The highest BCUT2D eigenvalue weighted by Gasteiger charge is 2.17. The van der Waals surface area contributed by atoms with E-state index in [1.165, 1.54) is 12.1 Å². The Morgan fingerprint density at radius 1 is 1.32 bits per heavy atom. The molecule has 7 nitrogen and oxygen atoms in total. The van der Waals surface area contributed by atoms with E-state index in [4.69, 9.17) is 5.73 Å². The van der Waals surface area contributed by atoms with Crippen molar-refractivity contribution in [2.24, 2.45) is 18.7 Å². The molecule has 0 aliphatic rings. The summed E-state index contributed by atoms with van der Waals surface area (Å²) in [5.41, 5.74) is 7.12. The number of carbonyl (C=O) groups is 2. The van der Waals surface area contributed by atoms with Crippen LogP contribution in [-0.4, -0.2) is 40.5 Å². The lowest BCUT2D eigenvalue weighted by molar-refractivity contribution is -0.127. The van der Waals surface area contributed by atoms with E-state index in [2.05, 4.69) is 15.6 Å². The number of halogens is 1. The maximum atomic E-state index is 13.2. The predicted molar refractivity (Wildman–Crippen MR) is 93.2 cm³/mol. The van der Waals surface area contributed by atoms with Crippen molar-refractivity contribution in [3.63, 3.8) is 0 Å². The highest BCUT2D eigenvalue weighted by molar-refractivity contribution is 5.87. The topological polar surface area (TPSA) is 102 Å². The zero-order valence-corrected chi connectivity index (χ0v) is 14.7. The summed E-state index contributed by atoms with van der Waals surface area (Å²) in [6.45, 7) is 3.93. The number of aryl methyl sites for hydroxylation is 1. The van der Waals surface area contributed by atoms with Crippen molar-refractivity contribution in [2.75, 3.05) is 13.1 Å². The van der Waals surface area contributed by atoms with Crippen LogP contribution in [-0.2, 0) is 23.1 Å². The average molecular weight is 349 g/mol. The number of nitrogens with zero attached hydrogens (tertiary/aromatic N) is 2. The molecule has 0 spiro atoms. The normalized spacial score (nSPS) is 12.4. The van der Waals surface area contributed by atoms with Gasteiger partial charge in [0, 0.05) is 26.1 Å². The van der Waals surface area contributed by atoms with E-state index in [0.29, 0.717) is 18.5 Å². The SMILES string of the molecule is CC(C)[C@H](N)C(=O)NCC(=O)NCCc1nc2cc(F)ccc2n1C. The molecule has 25 heavy (non-hydrogen) atoms. The second kappa shape index (κ2) is 8.06. The average Bonchev–Trinajstić information content (AvgIpc) is 2.87. The Bertz CT molecular complexity index is 772. The Kier molecular flexibility index (Phi) is 6.08. The second-order valence-corrected chi connectivity index (χ2v) is 6.31. The molecule has 1 aromatic carbocycles. The number of fused-ring (bicyclic) bond motifs is 1. The minimum absolute atomic E-state index is 0.00504. The molecule has 0 aliphatic carbocycles. The van der Waals surface area contributed by atoms with Crippen LogP contribution >= 0.6 is 0 Å². The highest BCUT2D eigenvalue weighted by Crippen LogP contribution is 2.16. The molecule has 4 N–H and O–H groups in total. The maximum Gasteiger partial charge on any atom is 0.239 e. The van der Waals surface area contributed by atoms with E-state index in [9.17, 15) is 14.0 Å². The minimum atomic E-state index is -0.631. The van der Waals surface area contributed by atoms with Gasteiger partial charge in [0.15, 0.2) is 0 Å². The van der Waals surface area contributed by atoms with Gasteiger partial charge >= 0.3 is 0 Å². The van der Waals surface area contributed by atoms with E-state index >= 15 is 0 Å². The summed E-state index contributed by atoms with van der Waals surface area (Å²) in [4.78, 5) is 27.9. The largest absolute Gasteiger partial charge is 0.354 e. The van der Waals surface area contributed by atoms with E-state index in [-0.39, 0.29) is 30.1 Å². The Hall–Kier alpha value is -2.48. The summed E-state index contributed by atoms with van der Waals surface area (Å²) in [6.07, 6.45) is 0.498. The summed E-state index contributed by atoms with van der Waals surface area (Å²) in [7, 11) is 1.85. The standard InChI is InChI=1S/C17H24FN5O2/c1-10(2)16(19)17(25)21-9-15(24)20-7-6-14-22-12-8-11(18)4-5-13(12)23(14)3/h4-5,8,10,16H,6-7,9,19H2,1-3H3,(H,20,24)(H,21,25)/t16-/m0/s1. The minimum Gasteiger partial charge on any atom is -0.354 e. The number of imidazole rings is 1. The maximum absolute atomic E-state index is 13.2. The van der Waals surface area contributed by atoms with Crippen LogP contribution in [0.25, 0.3) is 11.0 Å². The van der Waals surface area contributed by atoms with Crippen molar-refractivity contribution >= 4 is 22.8 Å². The van der Waals surface area contributed by atoms with Crippen LogP contribution in [0.15, 0.2) is 18.2 Å². The number of carbonyl (C=O) groups excluding carboxylic acids is 2. The summed E-state index contributed by atoms with van der Waals surface area (Å²) >= 11 is 0. The summed E-state index contributed by atoms with van der Waals surface area (Å²) in [6, 6.07) is 3.81. The number of aromatic nitrogens is 2. The molecule has 0 saturated carbocycles. The van der Waals surface area contributed by atoms with Crippen molar-refractivity contribution < 1.29 is 14.0 Å². The molecule has 136 valence electrons. The number of nitrogens with one attached hydrogen (secondary N) is 2. The number of hydrogen-bond donors (Lipinski definition) is 3. The van der Waals surface area contributed by atoms with Crippen LogP contribution in [0.3, 0.4) is 0 Å². The summed E-state index contributed by atoms with van der Waals surface area (Å²) in [5.74, 6) is -0.227. The fourth-order valence-corrected chi connectivity index (χ4v) is 2.41. The molecule has 0 saturated heterocycles. The molecule has 1 atom stereocenters. The summed E-state index contributed by atoms with van der Waals surface area (Å²) in [5, 5.41) is 5.23. The van der Waals surface area contributed by atoms with E-state index in [1.807, 2.05) is 25.5 Å². The molecule has 0 bridgehead atoms. The second-order valence-electron chi connectivity index (χ2n) is 6.31. The number of nitrogens with two attached hydrogens (primary N) is 1. The predicted octanol–water partition coefficient (Wildman–Crippen LogP) is 0.471. The van der Waals surface area contributed by atoms with Crippen LogP contribution in [0, 0.1) is 11.7 Å². The molecule has 0 aliphatic heterocycles. The van der Waals surface area contributed by atoms with Crippen molar-refractivity contribution in [3.8, 4) is 0 Å². The van der Waals surface area contributed by atoms with Gasteiger partial charge in [-0.15, -0.1) is 0 Å². The van der Waals surface area contributed by atoms with Crippen LogP contribution in [0.5, 0.6) is 0 Å². The molecule has 0 radical (unpaired) electrons. The van der Waals surface area contributed by atoms with Crippen LogP contribution in [0.2, 0.25) is 0 Å². The van der Waals surface area contributed by atoms with Gasteiger partial charge in [0.1, 0.15) is 11.6 Å². The number of amides is 2. The van der Waals surface area contributed by atoms with Gasteiger partial charge in [-0.2, -0.15) is 0 Å². The molecule has 2 rings (SSSR count). The van der Waals surface area contributed by atoms with Gasteiger partial charge in [0.25, 0.3) is 0 Å². The molecule has 8 heteroatoms. The van der Waals surface area contributed by atoms with Gasteiger partial charge in [0.2, 0.25) is 11.8 Å². The highest BCUT2D eigenvalue weighted by atomic mass is 19.1. The lowest BCUT2D eigenvalue weighted by Crippen LogP contribution is -2.47. The van der Waals surface area contributed by atoms with Gasteiger partial charge in [-0.3, -0.25) is 9.59 Å². The molecular weight excluding hydrogens is 325 g/mol. The lowest BCUT2D eigenvalue weighted by Gasteiger charge is -2.15. The van der Waals surface area contributed by atoms with Crippen LogP contribution in [0.4, 0.5) is 4.39 Å². The zero-order valence-electron chi connectivity index (χ0n) is 14.7. The Morgan fingerprint density at radius 2 is 2.04 bits per heavy atom. The molecule has 1 aromatic heterocycles. The number of rotatable bonds is 7. The van der Waals surface area contributed by atoms with Crippen LogP contribution < -0.4 is 16.4 Å². The number of hydrogen-bond acceptors (Lipinski definition) is 4. The zero-order chi connectivity index (χ0) is 18.6. The Morgan fingerprint density at radius 3 is 2.72 bits per heavy atom. The van der Waals surface area contributed by atoms with Gasteiger partial charge in [-0.25, -0.2) is 9.37 Å². The molecule has 0 unspecified atom stereocenters. The van der Waals surface area contributed by atoms with Gasteiger partial charge in [-0.05, 0) is 18.1 Å². The van der Waals surface area contributed by atoms with Crippen molar-refractivity contribution in [3.05, 3.63) is 29.8 Å². The van der Waals surface area contributed by atoms with Gasteiger partial charge in [-0.1, -0.05) is 13.8 Å². The van der Waals surface area contributed by atoms with Gasteiger partial charge < -0.3 is 20.9 Å². The Balaban J connectivity index is 1.81. The quantitative estimate of drug-likeness (QED) is 0.676. The van der Waals surface area contributed by atoms with Crippen molar-refractivity contribution in [1.82, 2.24) is 20.2 Å². The fraction of sp³-hybridized carbons (Fsp3) is 0.471. The van der Waals surface area contributed by atoms with Crippen LogP contribution in [0.1, 0.15) is 19.7 Å². The van der Waals surface area contributed by atoms with Crippen molar-refractivity contribution in [2.45, 2.75) is 26.3 Å². The first-order chi connectivity index (χ1) is 11.8. The van der Waals surface area contributed by atoms with E-state index in [0.717, 1.165) is 11.3 Å². The number of benzene rings is 1. The summed E-state index contributed by atoms with van der Waals surface area (Å²) < 4.78 is 15.1. The first-order valence-electron chi connectivity index (χ1n) is 8.20. The first-order valence-corrected chi connectivity index (χ1v) is 8.20. The fourth-order valence-electron chi connectivity index (χ4n) is 2.41. The monoisotopic (exact) mass is 349 g/mol. The smallest absolute Gasteiger partial charge is 0.239 e. The molecule has 0 fully saturated rings. The molecule has 1 heterocycles. The van der Waals surface area contributed by atoms with Crippen molar-refractivity contribution in [1.29, 1.82) is 0 Å². The third-order valence-corrected chi connectivity index (χ3v) is 4.05. The van der Waals surface area contributed by atoms with Gasteiger partial charge in [0.05, 0.1) is 23.6 Å². The first kappa shape index (κ1) is 18.9. The third-order valence-electron chi connectivity index (χ3n) is 4.05.